The molecular formula is C22H25FN2OS. The average Bonchev–Trinajstić information content (AvgIpc) is 2.69. The number of nitrogens with zero attached hydrogens (tertiary/aromatic N) is 2. The van der Waals surface area contributed by atoms with Crippen molar-refractivity contribution in [3.05, 3.63) is 65.5 Å². The third-order valence-corrected chi connectivity index (χ3v) is 6.46. The Kier molecular flexibility index (Phi) is 5.93. The zero-order valence-electron chi connectivity index (χ0n) is 15.4. The molecule has 0 aliphatic carbocycles. The molecule has 5 heteroatoms. The van der Waals surface area contributed by atoms with Gasteiger partial charge >= 0.3 is 0 Å². The van der Waals surface area contributed by atoms with E-state index in [9.17, 15) is 4.39 Å². The van der Waals surface area contributed by atoms with Gasteiger partial charge in [0.05, 0.1) is 6.61 Å². The molecule has 1 N–H and O–H groups in total. The molecule has 27 heavy (non-hydrogen) atoms. The number of halogens is 1. The average molecular weight is 384 g/mol. The Morgan fingerprint density at radius 2 is 1.63 bits per heavy atom. The van der Waals surface area contributed by atoms with Crippen LogP contribution in [0.15, 0.2) is 58.3 Å². The Bertz CT molecular complexity index is 831. The van der Waals surface area contributed by atoms with E-state index in [-0.39, 0.29) is 12.4 Å². The van der Waals surface area contributed by atoms with Gasteiger partial charge in [-0.1, -0.05) is 36.0 Å². The van der Waals surface area contributed by atoms with Crippen molar-refractivity contribution < 1.29 is 9.50 Å². The Hall–Kier alpha value is -1.66. The molecule has 142 valence electrons. The number of benzene rings is 2. The van der Waals surface area contributed by atoms with Crippen LogP contribution in [0, 0.1) is 5.82 Å². The monoisotopic (exact) mass is 383 g/mol. The first kappa shape index (κ1) is 18.7. The summed E-state index contributed by atoms with van der Waals surface area (Å²) in [6.45, 7) is 6.14. The van der Waals surface area contributed by atoms with Crippen LogP contribution >= 0.6 is 11.8 Å². The molecule has 3 nitrogen and oxygen atoms in total. The number of piperazine rings is 1. The summed E-state index contributed by atoms with van der Waals surface area (Å²) in [5, 5.41) is 9.06. The predicted octanol–water partition coefficient (Wildman–Crippen LogP) is 3.72. The van der Waals surface area contributed by atoms with Crippen LogP contribution in [0.5, 0.6) is 0 Å². The largest absolute Gasteiger partial charge is 0.395 e. The van der Waals surface area contributed by atoms with E-state index < -0.39 is 0 Å². The lowest BCUT2D eigenvalue weighted by Gasteiger charge is -2.34. The summed E-state index contributed by atoms with van der Waals surface area (Å²) in [7, 11) is 0. The van der Waals surface area contributed by atoms with Crippen LogP contribution in [0.2, 0.25) is 0 Å². The molecule has 0 radical (unpaired) electrons. The van der Waals surface area contributed by atoms with Crippen molar-refractivity contribution in [2.45, 2.75) is 16.2 Å². The van der Waals surface area contributed by atoms with Crippen LogP contribution < -0.4 is 0 Å². The zero-order valence-corrected chi connectivity index (χ0v) is 16.2. The third kappa shape index (κ3) is 4.27. The molecule has 2 aliphatic rings. The van der Waals surface area contributed by atoms with E-state index in [4.69, 9.17) is 5.11 Å². The molecule has 0 unspecified atom stereocenters. The smallest absolute Gasteiger partial charge is 0.123 e. The molecule has 0 atom stereocenters. The van der Waals surface area contributed by atoms with Crippen molar-refractivity contribution in [1.29, 1.82) is 0 Å². The molecule has 2 aromatic carbocycles. The van der Waals surface area contributed by atoms with Crippen molar-refractivity contribution in [3.8, 4) is 0 Å². The number of hydrogen-bond donors (Lipinski definition) is 1. The lowest BCUT2D eigenvalue weighted by Crippen LogP contribution is -2.47. The van der Waals surface area contributed by atoms with Crippen LogP contribution in [0.1, 0.15) is 17.5 Å². The summed E-state index contributed by atoms with van der Waals surface area (Å²) in [6.07, 6.45) is 3.22. The second kappa shape index (κ2) is 8.57. The molecule has 1 saturated heterocycles. The fraction of sp³-hybridized carbons (Fsp3) is 0.364. The van der Waals surface area contributed by atoms with Crippen molar-refractivity contribution in [3.63, 3.8) is 0 Å². The summed E-state index contributed by atoms with van der Waals surface area (Å²) >= 11 is 1.72. The molecule has 0 saturated carbocycles. The van der Waals surface area contributed by atoms with Crippen LogP contribution in [-0.4, -0.2) is 60.8 Å². The normalized spacial score (nSPS) is 19.1. The van der Waals surface area contributed by atoms with Gasteiger partial charge in [-0.05, 0) is 47.4 Å². The first-order chi connectivity index (χ1) is 13.2. The zero-order chi connectivity index (χ0) is 18.6. The molecule has 2 aromatic rings. The van der Waals surface area contributed by atoms with E-state index in [1.807, 2.05) is 6.07 Å². The summed E-state index contributed by atoms with van der Waals surface area (Å²) in [4.78, 5) is 7.14. The van der Waals surface area contributed by atoms with Gasteiger partial charge in [0.1, 0.15) is 5.82 Å². The fourth-order valence-corrected chi connectivity index (χ4v) is 4.92. The number of hydrogen-bond acceptors (Lipinski definition) is 4. The number of aliphatic hydroxyl groups excluding tert-OH is 1. The van der Waals surface area contributed by atoms with Crippen LogP contribution in [0.25, 0.3) is 5.57 Å². The topological polar surface area (TPSA) is 26.7 Å². The van der Waals surface area contributed by atoms with Gasteiger partial charge in [-0.2, -0.15) is 0 Å². The molecule has 0 amide bonds. The number of fused-ring (bicyclic) bond motifs is 2. The SMILES string of the molecule is OCCN1CCN(CC/C=C2\c3ccccc3Sc3ccc([18F])cc32)CC1. The maximum atomic E-state index is 13.9. The highest BCUT2D eigenvalue weighted by Crippen LogP contribution is 2.45. The van der Waals surface area contributed by atoms with Crippen LogP contribution in [0.4, 0.5) is 4.39 Å². The van der Waals surface area contributed by atoms with E-state index in [0.717, 1.165) is 61.7 Å². The minimum absolute atomic E-state index is 0.181. The highest BCUT2D eigenvalue weighted by atomic mass is 32.2. The van der Waals surface area contributed by atoms with Gasteiger partial charge in [0.2, 0.25) is 0 Å². The van der Waals surface area contributed by atoms with Crippen molar-refractivity contribution in [2.24, 2.45) is 0 Å². The molecule has 0 spiro atoms. The Morgan fingerprint density at radius 1 is 0.926 bits per heavy atom. The van der Waals surface area contributed by atoms with Gasteiger partial charge in [-0.3, -0.25) is 4.90 Å². The number of β-amino-alcohol motifs (C(OH)–C–C–N with tert-alkyl or cyclic N) is 1. The third-order valence-electron chi connectivity index (χ3n) is 5.30. The number of rotatable bonds is 5. The Balaban J connectivity index is 1.49. The Labute approximate surface area is 164 Å². The highest BCUT2D eigenvalue weighted by Gasteiger charge is 2.21. The summed E-state index contributed by atoms with van der Waals surface area (Å²) in [5.74, 6) is -0.181. The first-order valence-electron chi connectivity index (χ1n) is 9.57. The van der Waals surface area contributed by atoms with Gasteiger partial charge < -0.3 is 10.0 Å². The first-order valence-corrected chi connectivity index (χ1v) is 10.4. The van der Waals surface area contributed by atoms with E-state index in [0.29, 0.717) is 0 Å². The lowest BCUT2D eigenvalue weighted by molar-refractivity contribution is 0.114. The quantitative estimate of drug-likeness (QED) is 0.726. The Morgan fingerprint density at radius 3 is 2.41 bits per heavy atom. The van der Waals surface area contributed by atoms with Crippen LogP contribution in [-0.2, 0) is 0 Å². The minimum atomic E-state index is -0.181. The highest BCUT2D eigenvalue weighted by molar-refractivity contribution is 7.99. The standard InChI is InChI=1S/C22H25FN2OS/c23-17-7-8-22-20(16-17)18(19-4-1-2-6-21(19)27-22)5-3-9-24-10-12-25(13-11-24)14-15-26/h1-2,4-8,16,26H,3,9-15H2/b18-5+/i23-1. The lowest BCUT2D eigenvalue weighted by atomic mass is 9.96. The molecule has 0 aromatic heterocycles. The summed E-state index contributed by atoms with van der Waals surface area (Å²) < 4.78 is 13.9. The van der Waals surface area contributed by atoms with Crippen molar-refractivity contribution >= 4 is 17.3 Å². The molecule has 2 aliphatic heterocycles. The van der Waals surface area contributed by atoms with Gasteiger partial charge in [0.25, 0.3) is 0 Å². The molecule has 1 fully saturated rings. The fourth-order valence-electron chi connectivity index (χ4n) is 3.83. The van der Waals surface area contributed by atoms with E-state index in [1.165, 1.54) is 10.5 Å². The predicted molar refractivity (Wildman–Crippen MR) is 109 cm³/mol. The van der Waals surface area contributed by atoms with Gasteiger partial charge in [0.15, 0.2) is 0 Å². The second-order valence-electron chi connectivity index (χ2n) is 7.05. The minimum Gasteiger partial charge on any atom is -0.395 e. The molecule has 0 bridgehead atoms. The van der Waals surface area contributed by atoms with Crippen molar-refractivity contribution in [1.82, 2.24) is 9.80 Å². The van der Waals surface area contributed by atoms with Gasteiger partial charge in [-0.15, -0.1) is 0 Å². The second-order valence-corrected chi connectivity index (χ2v) is 8.14. The van der Waals surface area contributed by atoms with E-state index in [1.54, 1.807) is 23.9 Å². The van der Waals surface area contributed by atoms with E-state index in [2.05, 4.69) is 40.1 Å². The molecular weight excluding hydrogens is 358 g/mol. The van der Waals surface area contributed by atoms with E-state index >= 15 is 0 Å². The van der Waals surface area contributed by atoms with Crippen molar-refractivity contribution in [2.75, 3.05) is 45.9 Å². The number of aliphatic hydroxyl groups is 1. The molecule has 2 heterocycles. The molecule has 4 rings (SSSR count). The van der Waals surface area contributed by atoms with Gasteiger partial charge in [0, 0.05) is 49.1 Å². The maximum absolute atomic E-state index is 13.9. The van der Waals surface area contributed by atoms with Crippen LogP contribution in [0.3, 0.4) is 0 Å². The summed E-state index contributed by atoms with van der Waals surface area (Å²) in [6, 6.07) is 13.5. The summed E-state index contributed by atoms with van der Waals surface area (Å²) in [5.41, 5.74) is 3.36. The maximum Gasteiger partial charge on any atom is 0.123 e. The van der Waals surface area contributed by atoms with Gasteiger partial charge in [-0.25, -0.2) is 4.39 Å².